The van der Waals surface area contributed by atoms with Crippen molar-refractivity contribution >= 4 is 24.8 Å². The number of halogens is 2. The van der Waals surface area contributed by atoms with Crippen molar-refractivity contribution < 1.29 is 10.2 Å². The average molecular weight is 364 g/mol. The highest BCUT2D eigenvalue weighted by atomic mass is 35.5. The first-order valence-corrected chi connectivity index (χ1v) is 7.53. The van der Waals surface area contributed by atoms with Crippen LogP contribution >= 0.6 is 24.8 Å². The van der Waals surface area contributed by atoms with Crippen LogP contribution < -0.4 is 5.32 Å². The molecular formula is C16H27Cl2N3O2. The van der Waals surface area contributed by atoms with E-state index in [9.17, 15) is 10.2 Å². The summed E-state index contributed by atoms with van der Waals surface area (Å²) in [6.45, 7) is 9.26. The van der Waals surface area contributed by atoms with Gasteiger partial charge in [0.15, 0.2) is 0 Å². The molecule has 0 amide bonds. The Labute approximate surface area is 150 Å². The highest BCUT2D eigenvalue weighted by Crippen LogP contribution is 2.36. The second-order valence-corrected chi connectivity index (χ2v) is 5.46. The van der Waals surface area contributed by atoms with E-state index >= 15 is 0 Å². The molecule has 0 aromatic carbocycles. The van der Waals surface area contributed by atoms with Gasteiger partial charge in [-0.25, -0.2) is 0 Å². The van der Waals surface area contributed by atoms with E-state index in [4.69, 9.17) is 0 Å². The van der Waals surface area contributed by atoms with Gasteiger partial charge < -0.3 is 15.5 Å². The summed E-state index contributed by atoms with van der Waals surface area (Å²) in [6, 6.07) is 0.0916. The summed E-state index contributed by atoms with van der Waals surface area (Å²) in [4.78, 5) is 6.53. The maximum Gasteiger partial charge on any atom is 0.141 e. The molecule has 23 heavy (non-hydrogen) atoms. The zero-order valence-electron chi connectivity index (χ0n) is 13.5. The molecule has 132 valence electrons. The molecule has 1 aliphatic heterocycles. The largest absolute Gasteiger partial charge is 0.506 e. The minimum atomic E-state index is -0.104. The smallest absolute Gasteiger partial charge is 0.141 e. The fourth-order valence-corrected chi connectivity index (χ4v) is 2.93. The van der Waals surface area contributed by atoms with Gasteiger partial charge in [0.2, 0.25) is 0 Å². The summed E-state index contributed by atoms with van der Waals surface area (Å²) < 4.78 is 0. The molecule has 0 unspecified atom stereocenters. The molecule has 5 nitrogen and oxygen atoms in total. The lowest BCUT2D eigenvalue weighted by molar-refractivity contribution is 0.160. The molecule has 1 saturated heterocycles. The fourth-order valence-electron chi connectivity index (χ4n) is 2.93. The van der Waals surface area contributed by atoms with Gasteiger partial charge in [0.1, 0.15) is 5.75 Å². The second-order valence-electron chi connectivity index (χ2n) is 5.46. The van der Waals surface area contributed by atoms with Crippen molar-refractivity contribution in [3.8, 4) is 5.75 Å². The van der Waals surface area contributed by atoms with Gasteiger partial charge in [0, 0.05) is 49.5 Å². The highest BCUT2D eigenvalue weighted by molar-refractivity contribution is 5.85. The van der Waals surface area contributed by atoms with E-state index in [1.165, 1.54) is 0 Å². The quantitative estimate of drug-likeness (QED) is 0.676. The van der Waals surface area contributed by atoms with Crippen LogP contribution in [-0.4, -0.2) is 46.3 Å². The van der Waals surface area contributed by atoms with E-state index in [1.807, 2.05) is 6.08 Å². The molecular weight excluding hydrogens is 337 g/mol. The van der Waals surface area contributed by atoms with Crippen LogP contribution in [0, 0.1) is 6.92 Å². The molecule has 1 aliphatic rings. The zero-order valence-corrected chi connectivity index (χ0v) is 15.1. The van der Waals surface area contributed by atoms with Crippen LogP contribution in [0.15, 0.2) is 18.9 Å². The number of aromatic nitrogens is 1. The van der Waals surface area contributed by atoms with Crippen molar-refractivity contribution in [3.05, 3.63) is 35.7 Å². The summed E-state index contributed by atoms with van der Waals surface area (Å²) in [5.74, 6) is 0.217. The molecule has 0 bridgehead atoms. The number of aliphatic hydroxyl groups is 1. The van der Waals surface area contributed by atoms with Crippen LogP contribution in [0.2, 0.25) is 0 Å². The van der Waals surface area contributed by atoms with Crippen LogP contribution in [-0.2, 0) is 6.61 Å². The molecule has 0 aliphatic carbocycles. The summed E-state index contributed by atoms with van der Waals surface area (Å²) >= 11 is 0. The number of hydrogen-bond donors (Lipinski definition) is 3. The minimum absolute atomic E-state index is 0. The Morgan fingerprint density at radius 1 is 1.39 bits per heavy atom. The van der Waals surface area contributed by atoms with Crippen molar-refractivity contribution in [2.45, 2.75) is 32.4 Å². The first-order chi connectivity index (χ1) is 10.2. The Hall–Kier alpha value is -0.850. The van der Waals surface area contributed by atoms with Gasteiger partial charge in [-0.05, 0) is 19.8 Å². The number of piperazine rings is 1. The third kappa shape index (κ3) is 5.33. The molecule has 1 atom stereocenters. The number of aromatic hydroxyl groups is 1. The number of hydrogen-bond acceptors (Lipinski definition) is 5. The van der Waals surface area contributed by atoms with E-state index in [0.717, 1.165) is 44.6 Å². The lowest BCUT2D eigenvalue weighted by Gasteiger charge is -2.36. The topological polar surface area (TPSA) is 68.6 Å². The molecule has 2 heterocycles. The van der Waals surface area contributed by atoms with Crippen molar-refractivity contribution in [2.24, 2.45) is 0 Å². The van der Waals surface area contributed by atoms with Gasteiger partial charge in [0.25, 0.3) is 0 Å². The molecule has 0 spiro atoms. The maximum absolute atomic E-state index is 10.5. The first-order valence-electron chi connectivity index (χ1n) is 7.53. The SMILES string of the molecule is C=CCC[C@@H](c1c(CO)cnc(C)c1O)N1CCNCC1.Cl.Cl. The van der Waals surface area contributed by atoms with Gasteiger partial charge in [-0.1, -0.05) is 6.08 Å². The molecule has 3 N–H and O–H groups in total. The van der Waals surface area contributed by atoms with E-state index in [2.05, 4.69) is 21.8 Å². The van der Waals surface area contributed by atoms with Crippen molar-refractivity contribution in [3.63, 3.8) is 0 Å². The molecule has 1 fully saturated rings. The third-order valence-corrected chi connectivity index (χ3v) is 4.10. The van der Waals surface area contributed by atoms with Crippen LogP contribution in [0.25, 0.3) is 0 Å². The van der Waals surface area contributed by atoms with Gasteiger partial charge in [0.05, 0.1) is 12.3 Å². The average Bonchev–Trinajstić information content (AvgIpc) is 2.52. The lowest BCUT2D eigenvalue weighted by Crippen LogP contribution is -2.45. The minimum Gasteiger partial charge on any atom is -0.506 e. The predicted molar refractivity (Wildman–Crippen MR) is 97.7 cm³/mol. The van der Waals surface area contributed by atoms with Crippen LogP contribution in [0.3, 0.4) is 0 Å². The fraction of sp³-hybridized carbons (Fsp3) is 0.562. The van der Waals surface area contributed by atoms with Gasteiger partial charge in [-0.15, -0.1) is 31.4 Å². The molecule has 1 aromatic rings. The predicted octanol–water partition coefficient (Wildman–Crippen LogP) is 2.34. The monoisotopic (exact) mass is 363 g/mol. The number of allylic oxidation sites excluding steroid dienone is 1. The third-order valence-electron chi connectivity index (χ3n) is 4.10. The van der Waals surface area contributed by atoms with E-state index < -0.39 is 0 Å². The number of nitrogens with zero attached hydrogens (tertiary/aromatic N) is 2. The van der Waals surface area contributed by atoms with Crippen molar-refractivity contribution in [2.75, 3.05) is 26.2 Å². The molecule has 2 rings (SSSR count). The Morgan fingerprint density at radius 2 is 2.04 bits per heavy atom. The van der Waals surface area contributed by atoms with Crippen molar-refractivity contribution in [1.29, 1.82) is 0 Å². The second kappa shape index (κ2) is 10.8. The van der Waals surface area contributed by atoms with Gasteiger partial charge in [-0.3, -0.25) is 9.88 Å². The Morgan fingerprint density at radius 3 is 2.61 bits per heavy atom. The summed E-state index contributed by atoms with van der Waals surface area (Å²) in [5.41, 5.74) is 2.15. The number of aryl methyl sites for hydroxylation is 1. The van der Waals surface area contributed by atoms with Crippen LogP contribution in [0.1, 0.15) is 35.7 Å². The first kappa shape index (κ1) is 22.1. The van der Waals surface area contributed by atoms with E-state index in [-0.39, 0.29) is 43.2 Å². The Kier molecular flexibility index (Phi) is 10.4. The van der Waals surface area contributed by atoms with E-state index in [1.54, 1.807) is 13.1 Å². The Balaban J connectivity index is 0.00000242. The Bertz CT molecular complexity index is 494. The van der Waals surface area contributed by atoms with Gasteiger partial charge >= 0.3 is 0 Å². The summed E-state index contributed by atoms with van der Waals surface area (Å²) in [6.07, 6.45) is 5.33. The van der Waals surface area contributed by atoms with E-state index in [0.29, 0.717) is 11.3 Å². The lowest BCUT2D eigenvalue weighted by atomic mass is 9.94. The molecule has 0 radical (unpaired) electrons. The van der Waals surface area contributed by atoms with Crippen LogP contribution in [0.4, 0.5) is 0 Å². The number of nitrogens with one attached hydrogen (secondary N) is 1. The van der Waals surface area contributed by atoms with Gasteiger partial charge in [-0.2, -0.15) is 0 Å². The summed E-state index contributed by atoms with van der Waals surface area (Å²) in [5, 5.41) is 23.4. The van der Waals surface area contributed by atoms with Crippen LogP contribution in [0.5, 0.6) is 5.75 Å². The number of pyridine rings is 1. The molecule has 7 heteroatoms. The molecule has 0 saturated carbocycles. The number of rotatable bonds is 6. The standard InChI is InChI=1S/C16H25N3O2.2ClH/c1-3-4-5-14(19-8-6-17-7-9-19)15-13(11-20)10-18-12(2)16(15)21;;/h3,10,14,17,20-21H,1,4-9,11H2,2H3;2*1H/t14-;;/m0../s1. The zero-order chi connectivity index (χ0) is 15.2. The number of aliphatic hydroxyl groups excluding tert-OH is 1. The maximum atomic E-state index is 10.5. The normalized spacial score (nSPS) is 16.1. The summed E-state index contributed by atoms with van der Waals surface area (Å²) in [7, 11) is 0. The molecule has 1 aromatic heterocycles. The van der Waals surface area contributed by atoms with Crippen molar-refractivity contribution in [1.82, 2.24) is 15.2 Å². The highest BCUT2D eigenvalue weighted by Gasteiger charge is 2.27.